The Balaban J connectivity index is 2.02. The number of amides is 1. The van der Waals surface area contributed by atoms with E-state index >= 15 is 0 Å². The molecule has 0 aliphatic heterocycles. The maximum Gasteiger partial charge on any atom is 0.260 e. The van der Waals surface area contributed by atoms with E-state index in [9.17, 15) is 4.79 Å². The van der Waals surface area contributed by atoms with E-state index < -0.39 is 0 Å². The topological polar surface area (TPSA) is 33.2 Å². The van der Waals surface area contributed by atoms with Gasteiger partial charge < -0.3 is 0 Å². The predicted molar refractivity (Wildman–Crippen MR) is 93.2 cm³/mol. The van der Waals surface area contributed by atoms with E-state index in [2.05, 4.69) is 4.98 Å². The molecule has 0 atom stereocenters. The Morgan fingerprint density at radius 3 is 2.73 bits per heavy atom. The van der Waals surface area contributed by atoms with E-state index in [1.807, 2.05) is 32.0 Å². The minimum atomic E-state index is -0.0818. The van der Waals surface area contributed by atoms with E-state index in [-0.39, 0.29) is 5.91 Å². The average Bonchev–Trinajstić information content (AvgIpc) is 2.93. The molecule has 1 heterocycles. The fourth-order valence-corrected chi connectivity index (χ4v) is 3.63. The number of aryl methyl sites for hydroxylation is 1. The quantitative estimate of drug-likeness (QED) is 0.682. The van der Waals surface area contributed by atoms with Gasteiger partial charge in [-0.05, 0) is 43.7 Å². The number of hydrogen-bond donors (Lipinski definition) is 0. The SMILES string of the molecule is CCN(C(=O)c1cccc(Cl)c1)c1nc2c(C)cccc2s1. The zero-order valence-corrected chi connectivity index (χ0v) is 13.9. The molecule has 3 aromatic rings. The van der Waals surface area contributed by atoms with Crippen molar-refractivity contribution >= 4 is 44.2 Å². The Morgan fingerprint density at radius 1 is 1.27 bits per heavy atom. The van der Waals surface area contributed by atoms with Crippen LogP contribution in [0.2, 0.25) is 5.02 Å². The minimum absolute atomic E-state index is 0.0818. The lowest BCUT2D eigenvalue weighted by Crippen LogP contribution is -2.30. The zero-order chi connectivity index (χ0) is 15.7. The minimum Gasteiger partial charge on any atom is -0.284 e. The van der Waals surface area contributed by atoms with Gasteiger partial charge in [0.1, 0.15) is 0 Å². The van der Waals surface area contributed by atoms with Crippen LogP contribution in [0.4, 0.5) is 5.13 Å². The summed E-state index contributed by atoms with van der Waals surface area (Å²) >= 11 is 7.52. The third-order valence-electron chi connectivity index (χ3n) is 3.47. The number of halogens is 1. The van der Waals surface area contributed by atoms with Crippen molar-refractivity contribution in [3.63, 3.8) is 0 Å². The Morgan fingerprint density at radius 2 is 2.05 bits per heavy atom. The monoisotopic (exact) mass is 330 g/mol. The highest BCUT2D eigenvalue weighted by atomic mass is 35.5. The Bertz CT molecular complexity index is 844. The van der Waals surface area contributed by atoms with Crippen molar-refractivity contribution in [2.45, 2.75) is 13.8 Å². The van der Waals surface area contributed by atoms with Crippen LogP contribution in [0.5, 0.6) is 0 Å². The van der Waals surface area contributed by atoms with Crippen molar-refractivity contribution in [2.75, 3.05) is 11.4 Å². The second-order valence-electron chi connectivity index (χ2n) is 4.98. The molecule has 0 aliphatic rings. The van der Waals surface area contributed by atoms with E-state index in [0.717, 1.165) is 20.9 Å². The molecule has 1 amide bonds. The second kappa shape index (κ2) is 6.07. The van der Waals surface area contributed by atoms with Crippen LogP contribution in [0.25, 0.3) is 10.2 Å². The first-order chi connectivity index (χ1) is 10.6. The maximum absolute atomic E-state index is 12.7. The van der Waals surface area contributed by atoms with Crippen LogP contribution < -0.4 is 4.90 Å². The summed E-state index contributed by atoms with van der Waals surface area (Å²) in [6, 6.07) is 13.1. The van der Waals surface area contributed by atoms with E-state index in [0.29, 0.717) is 17.1 Å². The summed E-state index contributed by atoms with van der Waals surface area (Å²) in [5.41, 5.74) is 2.65. The molecule has 22 heavy (non-hydrogen) atoms. The molecule has 0 fully saturated rings. The molecule has 0 unspecified atom stereocenters. The number of rotatable bonds is 3. The van der Waals surface area contributed by atoms with Crippen LogP contribution in [0, 0.1) is 6.92 Å². The highest BCUT2D eigenvalue weighted by molar-refractivity contribution is 7.22. The molecule has 5 heteroatoms. The zero-order valence-electron chi connectivity index (χ0n) is 12.3. The lowest BCUT2D eigenvalue weighted by molar-refractivity contribution is 0.0988. The molecule has 1 aromatic heterocycles. The second-order valence-corrected chi connectivity index (χ2v) is 6.42. The van der Waals surface area contributed by atoms with Gasteiger partial charge in [-0.1, -0.05) is 41.1 Å². The van der Waals surface area contributed by atoms with E-state index in [1.54, 1.807) is 29.2 Å². The van der Waals surface area contributed by atoms with Gasteiger partial charge in [0, 0.05) is 17.1 Å². The molecule has 2 aromatic carbocycles. The maximum atomic E-state index is 12.7. The smallest absolute Gasteiger partial charge is 0.260 e. The normalized spacial score (nSPS) is 10.9. The summed E-state index contributed by atoms with van der Waals surface area (Å²) in [4.78, 5) is 19.1. The fraction of sp³-hybridized carbons (Fsp3) is 0.176. The van der Waals surface area contributed by atoms with Gasteiger partial charge in [0.25, 0.3) is 5.91 Å². The highest BCUT2D eigenvalue weighted by Crippen LogP contribution is 2.31. The Kier molecular flexibility index (Phi) is 4.14. The highest BCUT2D eigenvalue weighted by Gasteiger charge is 2.20. The molecular weight excluding hydrogens is 316 g/mol. The van der Waals surface area contributed by atoms with Crippen molar-refractivity contribution in [1.29, 1.82) is 0 Å². The number of carbonyl (C=O) groups excluding carboxylic acids is 1. The van der Waals surface area contributed by atoms with Crippen LogP contribution >= 0.6 is 22.9 Å². The first-order valence-electron chi connectivity index (χ1n) is 7.03. The number of hydrogen-bond acceptors (Lipinski definition) is 3. The van der Waals surface area contributed by atoms with Crippen LogP contribution in [0.3, 0.4) is 0 Å². The molecule has 0 radical (unpaired) electrons. The van der Waals surface area contributed by atoms with Crippen molar-refractivity contribution < 1.29 is 4.79 Å². The number of anilines is 1. The molecule has 3 nitrogen and oxygen atoms in total. The molecule has 0 N–H and O–H groups in total. The Hall–Kier alpha value is -1.91. The summed E-state index contributed by atoms with van der Waals surface area (Å²) in [6.07, 6.45) is 0. The summed E-state index contributed by atoms with van der Waals surface area (Å²) in [5, 5.41) is 1.28. The van der Waals surface area contributed by atoms with Gasteiger partial charge in [0.15, 0.2) is 5.13 Å². The number of aromatic nitrogens is 1. The van der Waals surface area contributed by atoms with Crippen molar-refractivity contribution in [3.05, 3.63) is 58.6 Å². The molecule has 0 bridgehead atoms. The number of fused-ring (bicyclic) bond motifs is 1. The molecule has 3 rings (SSSR count). The molecular formula is C17H15ClN2OS. The lowest BCUT2D eigenvalue weighted by Gasteiger charge is -2.17. The van der Waals surface area contributed by atoms with Crippen molar-refractivity contribution in [2.24, 2.45) is 0 Å². The van der Waals surface area contributed by atoms with Crippen molar-refractivity contribution in [1.82, 2.24) is 4.98 Å². The van der Waals surface area contributed by atoms with Gasteiger partial charge in [0.2, 0.25) is 0 Å². The number of thiazole rings is 1. The molecule has 0 saturated carbocycles. The van der Waals surface area contributed by atoms with Gasteiger partial charge >= 0.3 is 0 Å². The van der Waals surface area contributed by atoms with E-state index in [1.165, 1.54) is 11.3 Å². The standard InChI is InChI=1S/C17H15ClN2OS/c1-3-20(16(21)12-7-5-8-13(18)10-12)17-19-15-11(2)6-4-9-14(15)22-17/h4-10H,3H2,1-2H3. The van der Waals surface area contributed by atoms with Gasteiger partial charge in [0.05, 0.1) is 10.2 Å². The number of benzene rings is 2. The van der Waals surface area contributed by atoms with E-state index in [4.69, 9.17) is 11.6 Å². The van der Waals surface area contributed by atoms with Crippen LogP contribution in [-0.2, 0) is 0 Å². The molecule has 0 spiro atoms. The van der Waals surface area contributed by atoms with Gasteiger partial charge in [-0.2, -0.15) is 0 Å². The third-order valence-corrected chi connectivity index (χ3v) is 4.75. The number of nitrogens with zero attached hydrogens (tertiary/aromatic N) is 2. The van der Waals surface area contributed by atoms with Crippen LogP contribution in [0.15, 0.2) is 42.5 Å². The fourth-order valence-electron chi connectivity index (χ4n) is 2.33. The van der Waals surface area contributed by atoms with Crippen LogP contribution in [0.1, 0.15) is 22.8 Å². The first kappa shape index (κ1) is 15.0. The summed E-state index contributed by atoms with van der Waals surface area (Å²) in [7, 11) is 0. The number of para-hydroxylation sites is 1. The number of carbonyl (C=O) groups is 1. The molecule has 112 valence electrons. The average molecular weight is 331 g/mol. The summed E-state index contributed by atoms with van der Waals surface area (Å²) < 4.78 is 1.09. The predicted octanol–water partition coefficient (Wildman–Crippen LogP) is 4.92. The Labute approximate surface area is 138 Å². The van der Waals surface area contributed by atoms with Gasteiger partial charge in [-0.3, -0.25) is 9.69 Å². The molecule has 0 aliphatic carbocycles. The largest absolute Gasteiger partial charge is 0.284 e. The first-order valence-corrected chi connectivity index (χ1v) is 8.23. The van der Waals surface area contributed by atoms with Crippen molar-refractivity contribution in [3.8, 4) is 0 Å². The lowest BCUT2D eigenvalue weighted by atomic mass is 10.2. The van der Waals surface area contributed by atoms with Crippen LogP contribution in [-0.4, -0.2) is 17.4 Å². The summed E-state index contributed by atoms with van der Waals surface area (Å²) in [5.74, 6) is -0.0818. The summed E-state index contributed by atoms with van der Waals surface area (Å²) in [6.45, 7) is 4.53. The third kappa shape index (κ3) is 2.72. The molecule has 0 saturated heterocycles. The van der Waals surface area contributed by atoms with Gasteiger partial charge in [-0.25, -0.2) is 4.98 Å². The van der Waals surface area contributed by atoms with Gasteiger partial charge in [-0.15, -0.1) is 0 Å².